The lowest BCUT2D eigenvalue weighted by molar-refractivity contribution is -0.388. The van der Waals surface area contributed by atoms with Crippen LogP contribution in [0.4, 0.5) is 24.5 Å². The van der Waals surface area contributed by atoms with Crippen LogP contribution in [0.15, 0.2) is 46.9 Å². The van der Waals surface area contributed by atoms with E-state index in [1.807, 2.05) is 0 Å². The van der Waals surface area contributed by atoms with Gasteiger partial charge in [-0.05, 0) is 62.1 Å². The molecule has 42 heavy (non-hydrogen) atoms. The number of fused-ring (bicyclic) bond motifs is 1. The number of hydrogen-bond donors (Lipinski definition) is 1. The number of nitro benzene ring substituents is 1. The zero-order valence-electron chi connectivity index (χ0n) is 22.4. The first-order valence-electron chi connectivity index (χ1n) is 13.5. The summed E-state index contributed by atoms with van der Waals surface area (Å²) in [5.41, 5.74) is -1.55. The third-order valence-electron chi connectivity index (χ3n) is 7.59. The lowest BCUT2D eigenvalue weighted by Crippen LogP contribution is -2.51. The van der Waals surface area contributed by atoms with Crippen molar-refractivity contribution < 1.29 is 36.8 Å². The molecule has 10 nitrogen and oxygen atoms in total. The molecule has 2 heterocycles. The molecule has 3 aromatic rings. The van der Waals surface area contributed by atoms with E-state index >= 15 is 0 Å². The summed E-state index contributed by atoms with van der Waals surface area (Å²) >= 11 is 6.01. The molecule has 0 bridgehead atoms. The standard InChI is InChI=1S/C28H28ClF3N4O6/c29-18-1-8-24-17(13-18)14-25(42-24)27(38)35-11-9-34(10-12-35)26(37)16-41-21-5-2-19(3-6-21)33-20-4-7-23(36(39)40)22(15-20)28(30,31)32/h1,4,7-8,13-15,19,21,33H,2-3,5-6,9-12,16H2. The van der Waals surface area contributed by atoms with Gasteiger partial charge >= 0.3 is 6.18 Å². The highest BCUT2D eigenvalue weighted by Gasteiger charge is 2.38. The van der Waals surface area contributed by atoms with Crippen LogP contribution >= 0.6 is 11.6 Å². The average Bonchev–Trinajstić information content (AvgIpc) is 3.39. The summed E-state index contributed by atoms with van der Waals surface area (Å²) in [5.74, 6) is -0.208. The molecule has 2 fully saturated rings. The first-order valence-corrected chi connectivity index (χ1v) is 13.9. The van der Waals surface area contributed by atoms with Gasteiger partial charge in [0.25, 0.3) is 11.6 Å². The Bertz CT molecular complexity index is 1480. The number of ether oxygens (including phenoxy) is 1. The minimum Gasteiger partial charge on any atom is -0.451 e. The van der Waals surface area contributed by atoms with E-state index in [1.54, 1.807) is 34.1 Å². The second-order valence-electron chi connectivity index (χ2n) is 10.4. The number of carbonyl (C=O) groups excluding carboxylic acids is 2. The quantitative estimate of drug-likeness (QED) is 0.268. The van der Waals surface area contributed by atoms with E-state index in [1.165, 1.54) is 6.07 Å². The number of furan rings is 1. The zero-order valence-corrected chi connectivity index (χ0v) is 23.1. The summed E-state index contributed by atoms with van der Waals surface area (Å²) in [5, 5.41) is 15.3. The Morgan fingerprint density at radius 1 is 1.02 bits per heavy atom. The van der Waals surface area contributed by atoms with Crippen LogP contribution in [0.25, 0.3) is 11.0 Å². The van der Waals surface area contributed by atoms with Crippen LogP contribution in [0.2, 0.25) is 5.02 Å². The van der Waals surface area contributed by atoms with E-state index in [0.29, 0.717) is 62.5 Å². The molecule has 1 saturated carbocycles. The maximum atomic E-state index is 13.3. The number of amides is 2. The molecule has 2 amide bonds. The number of nitrogens with zero attached hydrogens (tertiary/aromatic N) is 3. The summed E-state index contributed by atoms with van der Waals surface area (Å²) in [7, 11) is 0. The number of nitrogens with one attached hydrogen (secondary N) is 1. The molecule has 0 radical (unpaired) electrons. The molecule has 1 N–H and O–H groups in total. The summed E-state index contributed by atoms with van der Waals surface area (Å²) in [6.07, 6.45) is -2.59. The van der Waals surface area contributed by atoms with Crippen LogP contribution in [-0.4, -0.2) is 71.5 Å². The molecular formula is C28H28ClF3N4O6. The fourth-order valence-corrected chi connectivity index (χ4v) is 5.52. The molecule has 2 aromatic carbocycles. The van der Waals surface area contributed by atoms with E-state index in [0.717, 1.165) is 17.5 Å². The molecular weight excluding hydrogens is 581 g/mol. The summed E-state index contributed by atoms with van der Waals surface area (Å²) in [4.78, 5) is 38.9. The second kappa shape index (κ2) is 12.2. The lowest BCUT2D eigenvalue weighted by atomic mass is 9.92. The highest BCUT2D eigenvalue weighted by atomic mass is 35.5. The number of anilines is 1. The number of nitro groups is 1. The fourth-order valence-electron chi connectivity index (χ4n) is 5.34. The van der Waals surface area contributed by atoms with Gasteiger partial charge in [-0.15, -0.1) is 0 Å². The molecule has 5 rings (SSSR count). The predicted octanol–water partition coefficient (Wildman–Crippen LogP) is 5.74. The number of carbonyl (C=O) groups is 2. The smallest absolute Gasteiger partial charge is 0.423 e. The number of alkyl halides is 3. The van der Waals surface area contributed by atoms with Gasteiger partial charge in [0.1, 0.15) is 17.8 Å². The molecule has 0 unspecified atom stereocenters. The molecule has 224 valence electrons. The summed E-state index contributed by atoms with van der Waals surface area (Å²) in [6.45, 7) is 1.35. The van der Waals surface area contributed by atoms with Crippen molar-refractivity contribution in [1.82, 2.24) is 9.80 Å². The Balaban J connectivity index is 1.05. The van der Waals surface area contributed by atoms with Crippen LogP contribution in [-0.2, 0) is 15.7 Å². The van der Waals surface area contributed by atoms with E-state index in [2.05, 4.69) is 5.32 Å². The highest BCUT2D eigenvalue weighted by molar-refractivity contribution is 6.31. The third kappa shape index (κ3) is 6.79. The van der Waals surface area contributed by atoms with Gasteiger partial charge in [0.15, 0.2) is 5.76 Å². The first-order chi connectivity index (χ1) is 20.0. The first kappa shape index (κ1) is 29.6. The third-order valence-corrected chi connectivity index (χ3v) is 7.83. The van der Waals surface area contributed by atoms with E-state index in [9.17, 15) is 32.9 Å². The summed E-state index contributed by atoms with van der Waals surface area (Å²) in [6, 6.07) is 9.55. The Labute approximate surface area is 243 Å². The molecule has 0 atom stereocenters. The van der Waals surface area contributed by atoms with Crippen molar-refractivity contribution in [2.45, 2.75) is 44.0 Å². The average molecular weight is 609 g/mol. The maximum Gasteiger partial charge on any atom is 0.423 e. The molecule has 14 heteroatoms. The van der Waals surface area contributed by atoms with Crippen molar-refractivity contribution in [2.24, 2.45) is 0 Å². The number of halogens is 4. The Morgan fingerprint density at radius 2 is 1.71 bits per heavy atom. The molecule has 0 spiro atoms. The van der Waals surface area contributed by atoms with Gasteiger partial charge in [0.2, 0.25) is 5.91 Å². The maximum absolute atomic E-state index is 13.3. The molecule has 2 aliphatic rings. The minimum atomic E-state index is -4.84. The fraction of sp³-hybridized carbons (Fsp3) is 0.429. The minimum absolute atomic E-state index is 0.0989. The van der Waals surface area contributed by atoms with Gasteiger partial charge in [-0.1, -0.05) is 11.6 Å². The predicted molar refractivity (Wildman–Crippen MR) is 147 cm³/mol. The largest absolute Gasteiger partial charge is 0.451 e. The van der Waals surface area contributed by atoms with Crippen LogP contribution < -0.4 is 5.32 Å². The van der Waals surface area contributed by atoms with Crippen molar-refractivity contribution in [3.63, 3.8) is 0 Å². The normalized spacial score (nSPS) is 19.6. The van der Waals surface area contributed by atoms with Crippen molar-refractivity contribution in [3.8, 4) is 0 Å². The van der Waals surface area contributed by atoms with Gasteiger partial charge < -0.3 is 24.3 Å². The van der Waals surface area contributed by atoms with Gasteiger partial charge in [-0.2, -0.15) is 13.2 Å². The number of rotatable bonds is 7. The van der Waals surface area contributed by atoms with Crippen LogP contribution in [0.5, 0.6) is 0 Å². The van der Waals surface area contributed by atoms with Crippen LogP contribution in [0, 0.1) is 10.1 Å². The zero-order chi connectivity index (χ0) is 30.0. The number of piperazine rings is 1. The van der Waals surface area contributed by atoms with Gasteiger partial charge in [-0.25, -0.2) is 0 Å². The molecule has 1 saturated heterocycles. The molecule has 1 aliphatic carbocycles. The monoisotopic (exact) mass is 608 g/mol. The Morgan fingerprint density at radius 3 is 2.38 bits per heavy atom. The van der Waals surface area contributed by atoms with Gasteiger partial charge in [0, 0.05) is 54.4 Å². The van der Waals surface area contributed by atoms with Crippen LogP contribution in [0.1, 0.15) is 41.8 Å². The molecule has 1 aliphatic heterocycles. The van der Waals surface area contributed by atoms with E-state index in [-0.39, 0.29) is 42.0 Å². The summed E-state index contributed by atoms with van der Waals surface area (Å²) < 4.78 is 51.3. The Kier molecular flexibility index (Phi) is 8.60. The van der Waals surface area contributed by atoms with Crippen molar-refractivity contribution in [3.05, 3.63) is 68.9 Å². The van der Waals surface area contributed by atoms with Gasteiger partial charge in [-0.3, -0.25) is 19.7 Å². The number of hydrogen-bond acceptors (Lipinski definition) is 7. The van der Waals surface area contributed by atoms with E-state index in [4.69, 9.17) is 20.8 Å². The topological polar surface area (TPSA) is 118 Å². The van der Waals surface area contributed by atoms with E-state index < -0.39 is 22.4 Å². The van der Waals surface area contributed by atoms with Crippen molar-refractivity contribution in [1.29, 1.82) is 0 Å². The molecule has 1 aromatic heterocycles. The van der Waals surface area contributed by atoms with Crippen molar-refractivity contribution in [2.75, 3.05) is 38.1 Å². The second-order valence-corrected chi connectivity index (χ2v) is 10.8. The highest BCUT2D eigenvalue weighted by Crippen LogP contribution is 2.38. The lowest BCUT2D eigenvalue weighted by Gasteiger charge is -2.35. The SMILES string of the molecule is O=C(COC1CCC(Nc2ccc([N+](=O)[O-])c(C(F)(F)F)c2)CC1)N1CCN(C(=O)c2cc3cc(Cl)ccc3o2)CC1. The van der Waals surface area contributed by atoms with Crippen LogP contribution in [0.3, 0.4) is 0 Å². The number of benzene rings is 2. The Hall–Kier alpha value is -3.84. The van der Waals surface area contributed by atoms with Crippen molar-refractivity contribution >= 4 is 45.8 Å². The van der Waals surface area contributed by atoms with Gasteiger partial charge in [0.05, 0.1) is 11.0 Å².